The first-order valence-electron chi connectivity index (χ1n) is 12.6. The van der Waals surface area contributed by atoms with E-state index in [4.69, 9.17) is 4.43 Å². The molecule has 170 valence electrons. The van der Waals surface area contributed by atoms with Crippen molar-refractivity contribution in [2.45, 2.75) is 110 Å². The van der Waals surface area contributed by atoms with Gasteiger partial charge in [-0.1, -0.05) is 85.1 Å². The average molecular weight is 439 g/mol. The maximum absolute atomic E-state index is 12.5. The van der Waals surface area contributed by atoms with Crippen LogP contribution >= 0.6 is 0 Å². The van der Waals surface area contributed by atoms with Crippen molar-refractivity contribution in [2.75, 3.05) is 0 Å². The Labute approximate surface area is 191 Å². The van der Waals surface area contributed by atoms with Gasteiger partial charge < -0.3 is 4.43 Å². The Hall–Kier alpha value is -1.57. The van der Waals surface area contributed by atoms with Crippen LogP contribution in [0.5, 0.6) is 0 Å². The number of fused-ring (bicyclic) bond motifs is 1. The highest BCUT2D eigenvalue weighted by Crippen LogP contribution is 2.48. The molecule has 0 spiro atoms. The molecule has 2 aliphatic carbocycles. The topological polar surface area (TPSA) is 26.3 Å². The van der Waals surface area contributed by atoms with Crippen molar-refractivity contribution < 1.29 is 9.22 Å². The zero-order valence-corrected chi connectivity index (χ0v) is 21.6. The predicted octanol–water partition coefficient (Wildman–Crippen LogP) is 8.26. The third-order valence-corrected chi connectivity index (χ3v) is 13.8. The van der Waals surface area contributed by atoms with Crippen LogP contribution in [0.1, 0.15) is 97.6 Å². The van der Waals surface area contributed by atoms with E-state index in [-0.39, 0.29) is 0 Å². The molecule has 0 N–H and O–H groups in total. The summed E-state index contributed by atoms with van der Waals surface area (Å²) in [7, 11) is -2.20. The van der Waals surface area contributed by atoms with E-state index in [1.54, 1.807) is 0 Å². The molecule has 2 nitrogen and oxygen atoms in total. The smallest absolute Gasteiger partial charge is 0.258 e. The van der Waals surface area contributed by atoms with Gasteiger partial charge in [-0.25, -0.2) is 4.79 Å². The summed E-state index contributed by atoms with van der Waals surface area (Å²) >= 11 is 0. The summed E-state index contributed by atoms with van der Waals surface area (Å²) < 4.78 is 7.34. The third kappa shape index (κ3) is 4.78. The van der Waals surface area contributed by atoms with Crippen LogP contribution in [-0.4, -0.2) is 14.3 Å². The minimum Gasteiger partial charge on any atom is -0.542 e. The summed E-state index contributed by atoms with van der Waals surface area (Å²) in [6.45, 7) is 14.0. The molecular weight excluding hydrogens is 396 g/mol. The fraction of sp³-hybridized carbons (Fsp3) is 0.643. The van der Waals surface area contributed by atoms with Crippen LogP contribution in [0.3, 0.4) is 0 Å². The Morgan fingerprint density at radius 1 is 0.903 bits per heavy atom. The molecule has 0 bridgehead atoms. The third-order valence-electron chi connectivity index (χ3n) is 7.84. The van der Waals surface area contributed by atoms with Gasteiger partial charge in [0.1, 0.15) is 11.7 Å². The number of allylic oxidation sites excluding steroid dienone is 2. The Morgan fingerprint density at radius 3 is 2.10 bits per heavy atom. The quantitative estimate of drug-likeness (QED) is 0.243. The zero-order valence-electron chi connectivity index (χ0n) is 20.6. The molecule has 0 amide bonds. The van der Waals surface area contributed by atoms with Crippen molar-refractivity contribution in [1.82, 2.24) is 0 Å². The first kappa shape index (κ1) is 24.1. The lowest BCUT2D eigenvalue weighted by atomic mass is 9.80. The number of hydrogen-bond donors (Lipinski definition) is 0. The van der Waals surface area contributed by atoms with Gasteiger partial charge in [-0.05, 0) is 65.8 Å². The number of carbonyl (C=O) groups excluding carboxylic acids is 1. The molecular formula is C28H42O2Si. The summed E-state index contributed by atoms with van der Waals surface area (Å²) in [4.78, 5) is 12.5. The van der Waals surface area contributed by atoms with Crippen LogP contribution < -0.4 is 0 Å². The number of benzene rings is 1. The molecule has 2 aliphatic rings. The summed E-state index contributed by atoms with van der Waals surface area (Å²) in [5, 5.41) is 0. The molecule has 0 atom stereocenters. The summed E-state index contributed by atoms with van der Waals surface area (Å²) in [6, 6.07) is 8.74. The van der Waals surface area contributed by atoms with Gasteiger partial charge in [-0.3, -0.25) is 0 Å². The van der Waals surface area contributed by atoms with E-state index in [9.17, 15) is 4.79 Å². The number of aryl methyl sites for hydroxylation is 1. The van der Waals surface area contributed by atoms with E-state index in [1.807, 2.05) is 0 Å². The molecule has 1 fully saturated rings. The van der Waals surface area contributed by atoms with Crippen molar-refractivity contribution >= 4 is 19.8 Å². The summed E-state index contributed by atoms with van der Waals surface area (Å²) in [6.07, 6.45) is 9.08. The second-order valence-corrected chi connectivity index (χ2v) is 16.0. The van der Waals surface area contributed by atoms with Crippen molar-refractivity contribution in [3.05, 3.63) is 46.7 Å². The molecule has 1 saturated carbocycles. The van der Waals surface area contributed by atoms with Gasteiger partial charge in [-0.2, -0.15) is 0 Å². The molecule has 0 heterocycles. The normalized spacial score (nSPS) is 19.4. The zero-order chi connectivity index (χ0) is 22.6. The van der Waals surface area contributed by atoms with Crippen LogP contribution in [0, 0.1) is 5.92 Å². The molecule has 0 radical (unpaired) electrons. The lowest BCUT2D eigenvalue weighted by Gasteiger charge is -2.44. The highest BCUT2D eigenvalue weighted by atomic mass is 28.4. The Balaban J connectivity index is 2.22. The molecule has 0 aromatic heterocycles. The van der Waals surface area contributed by atoms with E-state index in [1.165, 1.54) is 36.0 Å². The van der Waals surface area contributed by atoms with Gasteiger partial charge in [0.2, 0.25) is 0 Å². The predicted molar refractivity (Wildman–Crippen MR) is 134 cm³/mol. The molecule has 0 aliphatic heterocycles. The highest BCUT2D eigenvalue weighted by molar-refractivity contribution is 6.78. The van der Waals surface area contributed by atoms with E-state index in [0.29, 0.717) is 22.5 Å². The van der Waals surface area contributed by atoms with Gasteiger partial charge in [-0.15, -0.1) is 0 Å². The maximum Gasteiger partial charge on any atom is 0.258 e. The summed E-state index contributed by atoms with van der Waals surface area (Å²) in [5.41, 5.74) is 6.22. The first-order chi connectivity index (χ1) is 14.8. The standard InChI is InChI=1S/C28H42O2Si/c1-20(2)31(21(3)4,22(5)6)30-28(27(19-29)24-13-8-7-9-14-24)26-18-12-16-23-15-10-11-17-25(23)26/h10-11,15,17,20-22,24H,7-9,12-14,16,18H2,1-6H3/b28-26+. The second kappa shape index (κ2) is 10.4. The van der Waals surface area contributed by atoms with Gasteiger partial charge in [0.15, 0.2) is 0 Å². The van der Waals surface area contributed by atoms with Gasteiger partial charge in [0.25, 0.3) is 8.32 Å². The van der Waals surface area contributed by atoms with E-state index in [2.05, 4.69) is 71.7 Å². The molecule has 3 heteroatoms. The largest absolute Gasteiger partial charge is 0.542 e. The van der Waals surface area contributed by atoms with Crippen LogP contribution in [-0.2, 0) is 15.6 Å². The molecule has 0 saturated heterocycles. The summed E-state index contributed by atoms with van der Waals surface area (Å²) in [5.74, 6) is 3.67. The van der Waals surface area contributed by atoms with Gasteiger partial charge in [0.05, 0.1) is 5.57 Å². The lowest BCUT2D eigenvalue weighted by Crippen LogP contribution is -2.48. The Morgan fingerprint density at radius 2 is 1.52 bits per heavy atom. The van der Waals surface area contributed by atoms with Crippen molar-refractivity contribution in [3.8, 4) is 0 Å². The van der Waals surface area contributed by atoms with Crippen LogP contribution in [0.4, 0.5) is 0 Å². The fourth-order valence-electron chi connectivity index (χ4n) is 6.37. The Bertz CT molecular complexity index is 815. The van der Waals surface area contributed by atoms with Crippen molar-refractivity contribution in [2.24, 2.45) is 5.92 Å². The first-order valence-corrected chi connectivity index (χ1v) is 14.7. The van der Waals surface area contributed by atoms with Gasteiger partial charge in [0, 0.05) is 5.57 Å². The molecule has 3 rings (SSSR count). The van der Waals surface area contributed by atoms with Crippen LogP contribution in [0.2, 0.25) is 16.6 Å². The number of hydrogen-bond acceptors (Lipinski definition) is 2. The number of rotatable bonds is 7. The van der Waals surface area contributed by atoms with Crippen molar-refractivity contribution in [1.29, 1.82) is 0 Å². The fourth-order valence-corrected chi connectivity index (χ4v) is 11.7. The van der Waals surface area contributed by atoms with E-state index in [0.717, 1.165) is 43.4 Å². The Kier molecular flexibility index (Phi) is 8.05. The van der Waals surface area contributed by atoms with E-state index >= 15 is 0 Å². The molecule has 31 heavy (non-hydrogen) atoms. The molecule has 0 unspecified atom stereocenters. The average Bonchev–Trinajstić information content (AvgIpc) is 2.76. The van der Waals surface area contributed by atoms with Crippen molar-refractivity contribution in [3.63, 3.8) is 0 Å². The highest BCUT2D eigenvalue weighted by Gasteiger charge is 2.48. The van der Waals surface area contributed by atoms with E-state index < -0.39 is 8.32 Å². The second-order valence-electron chi connectivity index (χ2n) is 10.6. The minimum absolute atomic E-state index is 0.293. The molecule has 1 aromatic carbocycles. The molecule has 1 aromatic rings. The lowest BCUT2D eigenvalue weighted by molar-refractivity contribution is 0.343. The minimum atomic E-state index is -2.20. The van der Waals surface area contributed by atoms with Crippen LogP contribution in [0.25, 0.3) is 5.57 Å². The maximum atomic E-state index is 12.5. The van der Waals surface area contributed by atoms with Crippen LogP contribution in [0.15, 0.2) is 35.6 Å². The monoisotopic (exact) mass is 438 g/mol. The van der Waals surface area contributed by atoms with Gasteiger partial charge >= 0.3 is 0 Å². The SMILES string of the molecule is CC(C)[Si](O/C(C(=C=O)C1CCCCC1)=C1\CCCc2ccccc21)(C(C)C)C(C)C.